The monoisotopic (exact) mass is 448 g/mol. The van der Waals surface area contributed by atoms with E-state index in [1.807, 2.05) is 60.8 Å². The summed E-state index contributed by atoms with van der Waals surface area (Å²) in [5, 5.41) is 27.6. The number of amides is 2. The molecule has 3 aromatic rings. The third-order valence-corrected chi connectivity index (χ3v) is 6.27. The molecule has 8 heteroatoms. The zero-order valence-corrected chi connectivity index (χ0v) is 18.6. The first-order valence-corrected chi connectivity index (χ1v) is 10.9. The fourth-order valence-electron chi connectivity index (χ4n) is 4.20. The third kappa shape index (κ3) is 4.81. The summed E-state index contributed by atoms with van der Waals surface area (Å²) in [6.45, 7) is 1.77. The molecule has 0 fully saturated rings. The molecule has 172 valence electrons. The van der Waals surface area contributed by atoms with Crippen molar-refractivity contribution in [3.63, 3.8) is 0 Å². The molecule has 0 saturated carbocycles. The van der Waals surface area contributed by atoms with Crippen molar-refractivity contribution in [2.45, 2.75) is 44.1 Å². The summed E-state index contributed by atoms with van der Waals surface area (Å²) < 4.78 is 1.72. The number of fused-ring (bicyclic) bond motifs is 1. The Kier molecular flexibility index (Phi) is 6.57. The van der Waals surface area contributed by atoms with Crippen LogP contribution in [0.25, 0.3) is 5.69 Å². The fourth-order valence-corrected chi connectivity index (χ4v) is 4.20. The quantitative estimate of drug-likeness (QED) is 0.506. The summed E-state index contributed by atoms with van der Waals surface area (Å²) >= 11 is 0. The van der Waals surface area contributed by atoms with Crippen LogP contribution in [0.3, 0.4) is 0 Å². The Morgan fingerprint density at radius 2 is 1.67 bits per heavy atom. The highest BCUT2D eigenvalue weighted by atomic mass is 16.3. The molecule has 1 aliphatic carbocycles. The molecule has 33 heavy (non-hydrogen) atoms. The molecular weight excluding hydrogens is 420 g/mol. The van der Waals surface area contributed by atoms with Gasteiger partial charge in [-0.05, 0) is 54.7 Å². The van der Waals surface area contributed by atoms with E-state index in [9.17, 15) is 19.8 Å². The van der Waals surface area contributed by atoms with Crippen molar-refractivity contribution in [1.82, 2.24) is 20.0 Å². The van der Waals surface area contributed by atoms with E-state index in [0.29, 0.717) is 12.8 Å². The van der Waals surface area contributed by atoms with Crippen LogP contribution in [0.1, 0.15) is 29.7 Å². The summed E-state index contributed by atoms with van der Waals surface area (Å²) in [4.78, 5) is 26.7. The highest BCUT2D eigenvalue weighted by Crippen LogP contribution is 2.25. The lowest BCUT2D eigenvalue weighted by Gasteiger charge is -2.28. The van der Waals surface area contributed by atoms with Gasteiger partial charge in [-0.15, -0.1) is 0 Å². The lowest BCUT2D eigenvalue weighted by atomic mass is 10.1. The smallest absolute Gasteiger partial charge is 0.254 e. The van der Waals surface area contributed by atoms with Crippen molar-refractivity contribution < 1.29 is 19.8 Å². The summed E-state index contributed by atoms with van der Waals surface area (Å²) in [6.07, 6.45) is 1.17. The third-order valence-electron chi connectivity index (χ3n) is 6.27. The maximum atomic E-state index is 12.8. The van der Waals surface area contributed by atoms with Crippen molar-refractivity contribution >= 4 is 11.8 Å². The molecule has 0 spiro atoms. The Morgan fingerprint density at radius 1 is 1.03 bits per heavy atom. The number of carbonyl (C=O) groups is 2. The second-order valence-electron chi connectivity index (χ2n) is 8.44. The normalized spacial score (nSPS) is 16.0. The van der Waals surface area contributed by atoms with Gasteiger partial charge >= 0.3 is 0 Å². The van der Waals surface area contributed by atoms with Gasteiger partial charge in [-0.25, -0.2) is 4.68 Å². The lowest BCUT2D eigenvalue weighted by molar-refractivity contribution is -0.153. The van der Waals surface area contributed by atoms with Crippen LogP contribution in [-0.2, 0) is 22.4 Å². The minimum absolute atomic E-state index is 0.118. The highest BCUT2D eigenvalue weighted by molar-refractivity contribution is 5.91. The number of benzene rings is 2. The van der Waals surface area contributed by atoms with Gasteiger partial charge < -0.3 is 20.4 Å². The first-order valence-electron chi connectivity index (χ1n) is 10.9. The Bertz CT molecular complexity index is 1090. The summed E-state index contributed by atoms with van der Waals surface area (Å²) in [5.41, 5.74) is 4.03. The van der Waals surface area contributed by atoms with Gasteiger partial charge in [0, 0.05) is 25.5 Å². The molecule has 0 bridgehead atoms. The molecule has 4 rings (SSSR count). The first-order chi connectivity index (χ1) is 15.8. The fraction of sp³-hybridized carbons (Fsp3) is 0.320. The topological polar surface area (TPSA) is 108 Å². The van der Waals surface area contributed by atoms with Gasteiger partial charge in [0.2, 0.25) is 0 Å². The number of aliphatic hydroxyl groups excluding tert-OH is 2. The van der Waals surface area contributed by atoms with Crippen LogP contribution in [0.15, 0.2) is 67.0 Å². The van der Waals surface area contributed by atoms with Gasteiger partial charge in [0.15, 0.2) is 12.2 Å². The number of nitrogens with zero attached hydrogens (tertiary/aromatic N) is 3. The van der Waals surface area contributed by atoms with Crippen molar-refractivity contribution in [3.05, 3.63) is 83.7 Å². The van der Waals surface area contributed by atoms with Crippen molar-refractivity contribution in [3.8, 4) is 5.69 Å². The van der Waals surface area contributed by atoms with Gasteiger partial charge in [-0.2, -0.15) is 5.10 Å². The number of aromatic nitrogens is 2. The SMILES string of the molecule is CC(NC(=O)C(O)C(O)C(=O)N(C)C1Cc2ccccc2C1)c1ccc(-n2cccn2)cc1. The van der Waals surface area contributed by atoms with Crippen LogP contribution in [0, 0.1) is 0 Å². The van der Waals surface area contributed by atoms with Gasteiger partial charge in [-0.1, -0.05) is 36.4 Å². The Morgan fingerprint density at radius 3 is 2.24 bits per heavy atom. The molecule has 3 atom stereocenters. The molecule has 1 aromatic heterocycles. The number of hydrogen-bond donors (Lipinski definition) is 3. The van der Waals surface area contributed by atoms with Crippen LogP contribution in [0.5, 0.6) is 0 Å². The van der Waals surface area contributed by atoms with E-state index in [-0.39, 0.29) is 6.04 Å². The van der Waals surface area contributed by atoms with Gasteiger partial charge in [-0.3, -0.25) is 9.59 Å². The minimum atomic E-state index is -1.87. The van der Waals surface area contributed by atoms with Gasteiger partial charge in [0.1, 0.15) is 0 Å². The minimum Gasteiger partial charge on any atom is -0.380 e. The molecule has 0 saturated heterocycles. The number of aliphatic hydroxyl groups is 2. The van der Waals surface area contributed by atoms with E-state index in [1.165, 1.54) is 16.0 Å². The van der Waals surface area contributed by atoms with E-state index in [1.54, 1.807) is 24.9 Å². The summed E-state index contributed by atoms with van der Waals surface area (Å²) in [7, 11) is 1.59. The average Bonchev–Trinajstić information content (AvgIpc) is 3.52. The molecule has 2 aromatic carbocycles. The van der Waals surface area contributed by atoms with Crippen LogP contribution in [-0.4, -0.2) is 62.0 Å². The number of hydrogen-bond acceptors (Lipinski definition) is 5. The predicted octanol–water partition coefficient (Wildman–Crippen LogP) is 1.40. The van der Waals surface area contributed by atoms with E-state index < -0.39 is 30.1 Å². The zero-order chi connectivity index (χ0) is 23.5. The Balaban J connectivity index is 1.33. The average molecular weight is 449 g/mol. The maximum absolute atomic E-state index is 12.8. The summed E-state index contributed by atoms with van der Waals surface area (Å²) in [6, 6.07) is 16.7. The standard InChI is InChI=1S/C25H28N4O4/c1-16(17-8-10-20(11-9-17)29-13-5-12-26-29)27-24(32)22(30)23(31)25(33)28(2)21-14-18-6-3-4-7-19(18)15-21/h3-13,16,21-23,30-31H,14-15H2,1-2H3,(H,27,32). The van der Waals surface area contributed by atoms with E-state index in [4.69, 9.17) is 0 Å². The number of rotatable bonds is 7. The van der Waals surface area contributed by atoms with Gasteiger partial charge in [0.05, 0.1) is 11.7 Å². The molecule has 1 aliphatic rings. The summed E-state index contributed by atoms with van der Waals surface area (Å²) in [5.74, 6) is -1.48. The zero-order valence-electron chi connectivity index (χ0n) is 18.6. The largest absolute Gasteiger partial charge is 0.380 e. The van der Waals surface area contributed by atoms with Crippen molar-refractivity contribution in [2.75, 3.05) is 7.05 Å². The second-order valence-corrected chi connectivity index (χ2v) is 8.44. The molecule has 3 N–H and O–H groups in total. The number of nitrogens with one attached hydrogen (secondary N) is 1. The molecule has 0 radical (unpaired) electrons. The molecule has 1 heterocycles. The maximum Gasteiger partial charge on any atom is 0.254 e. The van der Waals surface area contributed by atoms with Crippen LogP contribution >= 0.6 is 0 Å². The molecule has 8 nitrogen and oxygen atoms in total. The van der Waals surface area contributed by atoms with Crippen LogP contribution in [0.4, 0.5) is 0 Å². The second kappa shape index (κ2) is 9.56. The highest BCUT2D eigenvalue weighted by Gasteiger charge is 2.36. The molecule has 2 amide bonds. The van der Waals surface area contributed by atoms with Crippen molar-refractivity contribution in [2.24, 2.45) is 0 Å². The first kappa shape index (κ1) is 22.7. The number of likely N-dealkylation sites (N-methyl/N-ethyl adjacent to an activating group) is 1. The molecule has 0 aliphatic heterocycles. The predicted molar refractivity (Wildman–Crippen MR) is 123 cm³/mol. The molecular formula is C25H28N4O4. The van der Waals surface area contributed by atoms with Crippen LogP contribution in [0.2, 0.25) is 0 Å². The number of carbonyl (C=O) groups excluding carboxylic acids is 2. The van der Waals surface area contributed by atoms with E-state index >= 15 is 0 Å². The van der Waals surface area contributed by atoms with E-state index in [0.717, 1.165) is 11.3 Å². The molecule has 3 unspecified atom stereocenters. The lowest BCUT2D eigenvalue weighted by Crippen LogP contribution is -2.52. The Labute approximate surface area is 192 Å². The van der Waals surface area contributed by atoms with Gasteiger partial charge in [0.25, 0.3) is 11.8 Å². The van der Waals surface area contributed by atoms with Crippen LogP contribution < -0.4 is 5.32 Å². The van der Waals surface area contributed by atoms with E-state index in [2.05, 4.69) is 10.4 Å². The van der Waals surface area contributed by atoms with Crippen molar-refractivity contribution in [1.29, 1.82) is 0 Å². The Hall–Kier alpha value is -3.49.